The number of aromatic nitrogens is 1. The van der Waals surface area contributed by atoms with Crippen LogP contribution < -0.4 is 16.0 Å². The molecule has 0 aromatic carbocycles. The molecule has 0 spiro atoms. The van der Waals surface area contributed by atoms with Crippen molar-refractivity contribution < 1.29 is 4.79 Å². The Morgan fingerprint density at radius 3 is 2.50 bits per heavy atom. The molecule has 1 aromatic rings. The fourth-order valence-corrected chi connectivity index (χ4v) is 2.37. The van der Waals surface area contributed by atoms with Crippen molar-refractivity contribution in [2.24, 2.45) is 4.99 Å². The van der Waals surface area contributed by atoms with Crippen LogP contribution in [0.2, 0.25) is 0 Å². The number of aryl methyl sites for hydroxylation is 2. The fraction of sp³-hybridized carbons (Fsp3) is 0.615. The Kier molecular flexibility index (Phi) is 7.00. The molecule has 0 atom stereocenters. The van der Waals surface area contributed by atoms with Crippen LogP contribution in [0.4, 0.5) is 0 Å². The third-order valence-electron chi connectivity index (χ3n) is 2.58. The number of carbonyl (C=O) groups excluding carboxylic acids is 1. The number of nitrogens with zero attached hydrogens (tertiary/aromatic N) is 2. The van der Waals surface area contributed by atoms with E-state index in [4.69, 9.17) is 0 Å². The van der Waals surface area contributed by atoms with Gasteiger partial charge in [-0.25, -0.2) is 9.98 Å². The first kappa shape index (κ1) is 16.4. The van der Waals surface area contributed by atoms with Crippen LogP contribution in [-0.2, 0) is 11.3 Å². The van der Waals surface area contributed by atoms with Crippen molar-refractivity contribution in [3.05, 3.63) is 15.6 Å². The molecule has 1 heterocycles. The fourth-order valence-electron chi connectivity index (χ4n) is 1.51. The molecule has 7 heteroatoms. The number of nitrogens with one attached hydrogen (secondary N) is 3. The molecule has 3 N–H and O–H groups in total. The van der Waals surface area contributed by atoms with E-state index in [-0.39, 0.29) is 5.91 Å². The van der Waals surface area contributed by atoms with E-state index in [9.17, 15) is 4.79 Å². The topological polar surface area (TPSA) is 78.4 Å². The maximum Gasteiger partial charge on any atom is 0.216 e. The smallest absolute Gasteiger partial charge is 0.216 e. The summed E-state index contributed by atoms with van der Waals surface area (Å²) in [5.41, 5.74) is 1.07. The lowest BCUT2D eigenvalue weighted by atomic mass is 10.4. The van der Waals surface area contributed by atoms with Crippen molar-refractivity contribution in [2.75, 3.05) is 19.6 Å². The average Bonchev–Trinajstić information content (AvgIpc) is 2.70. The molecule has 0 aliphatic heterocycles. The second-order valence-corrected chi connectivity index (χ2v) is 5.64. The summed E-state index contributed by atoms with van der Waals surface area (Å²) >= 11 is 1.68. The normalized spacial score (nSPS) is 11.3. The molecule has 1 rings (SSSR count). The Morgan fingerprint density at radius 1 is 1.25 bits per heavy atom. The van der Waals surface area contributed by atoms with Gasteiger partial charge in [0.1, 0.15) is 5.01 Å². The Morgan fingerprint density at radius 2 is 1.95 bits per heavy atom. The minimum Gasteiger partial charge on any atom is -0.357 e. The van der Waals surface area contributed by atoms with E-state index in [1.807, 2.05) is 13.8 Å². The van der Waals surface area contributed by atoms with E-state index in [1.54, 1.807) is 11.3 Å². The molecule has 0 saturated heterocycles. The summed E-state index contributed by atoms with van der Waals surface area (Å²) in [4.78, 5) is 20.9. The Balaban J connectivity index is 2.47. The molecule has 1 aromatic heterocycles. The standard InChI is InChI=1S/C13H23N5OS/c1-5-14-13(16-7-6-15-11(4)19)17-8-12-18-9(2)10(3)20-12/h5-8H2,1-4H3,(H,15,19)(H2,14,16,17). The molecule has 0 bridgehead atoms. The lowest BCUT2D eigenvalue weighted by Crippen LogP contribution is -2.41. The largest absolute Gasteiger partial charge is 0.357 e. The molecular weight excluding hydrogens is 274 g/mol. The van der Waals surface area contributed by atoms with Crippen LogP contribution >= 0.6 is 11.3 Å². The monoisotopic (exact) mass is 297 g/mol. The number of amides is 1. The number of hydrogen-bond donors (Lipinski definition) is 3. The maximum atomic E-state index is 10.8. The number of thiazole rings is 1. The number of hydrogen-bond acceptors (Lipinski definition) is 4. The van der Waals surface area contributed by atoms with Crippen LogP contribution in [0.25, 0.3) is 0 Å². The molecule has 0 fully saturated rings. The minimum absolute atomic E-state index is 0.0255. The highest BCUT2D eigenvalue weighted by atomic mass is 32.1. The van der Waals surface area contributed by atoms with E-state index in [2.05, 4.69) is 32.9 Å². The molecule has 0 unspecified atom stereocenters. The van der Waals surface area contributed by atoms with E-state index >= 15 is 0 Å². The van der Waals surface area contributed by atoms with Gasteiger partial charge in [-0.3, -0.25) is 4.79 Å². The molecular formula is C13H23N5OS. The van der Waals surface area contributed by atoms with Crippen molar-refractivity contribution in [1.82, 2.24) is 20.9 Å². The number of aliphatic imine (C=N–C) groups is 1. The van der Waals surface area contributed by atoms with Gasteiger partial charge >= 0.3 is 0 Å². The Bertz CT molecular complexity index is 450. The first-order valence-electron chi connectivity index (χ1n) is 6.72. The van der Waals surface area contributed by atoms with Crippen molar-refractivity contribution in [3.63, 3.8) is 0 Å². The van der Waals surface area contributed by atoms with Gasteiger partial charge in [0, 0.05) is 31.4 Å². The van der Waals surface area contributed by atoms with E-state index in [0.717, 1.165) is 23.2 Å². The SMILES string of the molecule is CCNC(=NCc1nc(C)c(C)s1)NCCNC(C)=O. The molecule has 112 valence electrons. The predicted molar refractivity (Wildman–Crippen MR) is 83.1 cm³/mol. The zero-order valence-corrected chi connectivity index (χ0v) is 13.4. The second kappa shape index (κ2) is 8.52. The predicted octanol–water partition coefficient (Wildman–Crippen LogP) is 0.951. The van der Waals surface area contributed by atoms with Crippen molar-refractivity contribution in [1.29, 1.82) is 0 Å². The molecule has 0 saturated carbocycles. The quantitative estimate of drug-likeness (QED) is 0.415. The lowest BCUT2D eigenvalue weighted by Gasteiger charge is -2.10. The van der Waals surface area contributed by atoms with Gasteiger partial charge in [-0.05, 0) is 20.8 Å². The van der Waals surface area contributed by atoms with Gasteiger partial charge in [0.15, 0.2) is 5.96 Å². The third-order valence-corrected chi connectivity index (χ3v) is 3.64. The highest BCUT2D eigenvalue weighted by Crippen LogP contribution is 2.16. The van der Waals surface area contributed by atoms with Crippen molar-refractivity contribution in [2.45, 2.75) is 34.2 Å². The van der Waals surface area contributed by atoms with Crippen molar-refractivity contribution in [3.8, 4) is 0 Å². The van der Waals surface area contributed by atoms with Crippen LogP contribution in [0.3, 0.4) is 0 Å². The summed E-state index contributed by atoms with van der Waals surface area (Å²) in [6, 6.07) is 0. The molecule has 0 aliphatic rings. The van der Waals surface area contributed by atoms with Gasteiger partial charge in [-0.1, -0.05) is 0 Å². The zero-order chi connectivity index (χ0) is 15.0. The van der Waals surface area contributed by atoms with E-state index in [0.29, 0.717) is 19.6 Å². The van der Waals surface area contributed by atoms with Crippen LogP contribution in [0.15, 0.2) is 4.99 Å². The van der Waals surface area contributed by atoms with Crippen LogP contribution in [0.5, 0.6) is 0 Å². The summed E-state index contributed by atoms with van der Waals surface area (Å²) in [7, 11) is 0. The molecule has 20 heavy (non-hydrogen) atoms. The van der Waals surface area contributed by atoms with Crippen LogP contribution in [-0.4, -0.2) is 36.5 Å². The van der Waals surface area contributed by atoms with E-state index < -0.39 is 0 Å². The van der Waals surface area contributed by atoms with Gasteiger partial charge < -0.3 is 16.0 Å². The molecule has 1 amide bonds. The van der Waals surface area contributed by atoms with Crippen LogP contribution in [0, 0.1) is 13.8 Å². The van der Waals surface area contributed by atoms with Gasteiger partial charge in [-0.2, -0.15) is 0 Å². The number of carbonyl (C=O) groups is 1. The minimum atomic E-state index is -0.0255. The van der Waals surface area contributed by atoms with Crippen LogP contribution in [0.1, 0.15) is 29.4 Å². The second-order valence-electron chi connectivity index (χ2n) is 4.35. The van der Waals surface area contributed by atoms with Gasteiger partial charge in [0.25, 0.3) is 0 Å². The van der Waals surface area contributed by atoms with Gasteiger partial charge in [-0.15, -0.1) is 11.3 Å². The molecule has 0 aliphatic carbocycles. The molecule has 6 nitrogen and oxygen atoms in total. The first-order valence-corrected chi connectivity index (χ1v) is 7.54. The lowest BCUT2D eigenvalue weighted by molar-refractivity contribution is -0.118. The Labute approximate surface area is 124 Å². The van der Waals surface area contributed by atoms with Crippen molar-refractivity contribution >= 4 is 23.2 Å². The number of guanidine groups is 1. The van der Waals surface area contributed by atoms with Gasteiger partial charge in [0.2, 0.25) is 5.91 Å². The zero-order valence-electron chi connectivity index (χ0n) is 12.5. The average molecular weight is 297 g/mol. The maximum absolute atomic E-state index is 10.8. The summed E-state index contributed by atoms with van der Waals surface area (Å²) in [6.45, 7) is 10.2. The number of rotatable bonds is 6. The summed E-state index contributed by atoms with van der Waals surface area (Å²) < 4.78 is 0. The molecule has 0 radical (unpaired) electrons. The van der Waals surface area contributed by atoms with Gasteiger partial charge in [0.05, 0.1) is 12.2 Å². The Hall–Kier alpha value is -1.63. The highest BCUT2D eigenvalue weighted by Gasteiger charge is 2.03. The van der Waals surface area contributed by atoms with E-state index in [1.165, 1.54) is 11.8 Å². The summed E-state index contributed by atoms with van der Waals surface area (Å²) in [5.74, 6) is 0.714. The summed E-state index contributed by atoms with van der Waals surface area (Å²) in [6.07, 6.45) is 0. The third kappa shape index (κ3) is 6.01. The highest BCUT2D eigenvalue weighted by molar-refractivity contribution is 7.11. The first-order chi connectivity index (χ1) is 9.52. The summed E-state index contributed by atoms with van der Waals surface area (Å²) in [5, 5.41) is 10.1.